The maximum atomic E-state index is 12.4. The van der Waals surface area contributed by atoms with Crippen LogP contribution in [0.2, 0.25) is 5.15 Å². The molecule has 0 aliphatic carbocycles. The Hall–Kier alpha value is -1.53. The Morgan fingerprint density at radius 1 is 1.55 bits per heavy atom. The number of pyridine rings is 1. The number of nitrogens with zero attached hydrogens (tertiary/aromatic N) is 4. The van der Waals surface area contributed by atoms with Crippen LogP contribution in [0.15, 0.2) is 30.7 Å². The number of rotatable bonds is 6. The maximum absolute atomic E-state index is 12.4. The third kappa shape index (κ3) is 3.81. The Kier molecular flexibility index (Phi) is 5.85. The minimum absolute atomic E-state index is 0.0528. The maximum Gasteiger partial charge on any atom is 0.228 e. The van der Waals surface area contributed by atoms with Crippen molar-refractivity contribution < 1.29 is 4.79 Å². The highest BCUT2D eigenvalue weighted by Gasteiger charge is 2.21. The monoisotopic (exact) mass is 338 g/mol. The molecule has 0 radical (unpaired) electrons. The van der Waals surface area contributed by atoms with Gasteiger partial charge in [-0.3, -0.25) is 9.78 Å². The summed E-state index contributed by atoms with van der Waals surface area (Å²) in [7, 11) is 0. The molecule has 0 bridgehead atoms. The highest BCUT2D eigenvalue weighted by Crippen LogP contribution is 2.27. The minimum Gasteiger partial charge on any atom is -0.308 e. The predicted molar refractivity (Wildman–Crippen MR) is 92.0 cm³/mol. The number of aromatic nitrogens is 3. The fourth-order valence-electron chi connectivity index (χ4n) is 2.07. The smallest absolute Gasteiger partial charge is 0.228 e. The number of halogens is 1. The molecule has 118 valence electrons. The molecule has 22 heavy (non-hydrogen) atoms. The molecule has 0 saturated heterocycles. The van der Waals surface area contributed by atoms with Gasteiger partial charge < -0.3 is 4.90 Å². The molecule has 0 fully saturated rings. The molecule has 0 saturated carbocycles. The molecule has 1 atom stereocenters. The van der Waals surface area contributed by atoms with E-state index in [1.165, 1.54) is 0 Å². The predicted octanol–water partition coefficient (Wildman–Crippen LogP) is 3.42. The molecule has 2 heterocycles. The Morgan fingerprint density at radius 3 is 2.91 bits per heavy atom. The number of carbonyl (C=O) groups is 1. The van der Waals surface area contributed by atoms with Gasteiger partial charge in [0.1, 0.15) is 5.69 Å². The molecular weight excluding hydrogens is 320 g/mol. The number of carbonyl (C=O) groups excluding carboxylic acids is 1. The van der Waals surface area contributed by atoms with Gasteiger partial charge in [-0.15, -0.1) is 0 Å². The van der Waals surface area contributed by atoms with Crippen molar-refractivity contribution >= 4 is 35.0 Å². The summed E-state index contributed by atoms with van der Waals surface area (Å²) in [6.45, 7) is 4.52. The molecular formula is C15H19ClN4OS. The normalized spacial score (nSPS) is 12.2. The van der Waals surface area contributed by atoms with Crippen molar-refractivity contribution in [3.8, 4) is 5.69 Å². The number of thioether (sulfide) groups is 1. The molecule has 1 amide bonds. The van der Waals surface area contributed by atoms with E-state index < -0.39 is 0 Å². The van der Waals surface area contributed by atoms with E-state index in [2.05, 4.69) is 10.1 Å². The standard InChI is InChI=1S/C15H19ClN4OS/c1-4-19(14(21)8-11(2)22-3)13-10-20(18-15(13)16)12-6-5-7-17-9-12/h5-7,9-11H,4,8H2,1-3H3. The van der Waals surface area contributed by atoms with Gasteiger partial charge in [0.2, 0.25) is 5.91 Å². The summed E-state index contributed by atoms with van der Waals surface area (Å²) in [5, 5.41) is 4.86. The molecule has 0 spiro atoms. The number of amides is 1. The highest BCUT2D eigenvalue weighted by molar-refractivity contribution is 7.99. The second kappa shape index (κ2) is 7.65. The SMILES string of the molecule is CCN(C(=O)CC(C)SC)c1cn(-c2cccnc2)nc1Cl. The lowest BCUT2D eigenvalue weighted by Crippen LogP contribution is -2.32. The van der Waals surface area contributed by atoms with E-state index in [1.807, 2.05) is 32.2 Å². The first kappa shape index (κ1) is 16.8. The summed E-state index contributed by atoms with van der Waals surface area (Å²) in [4.78, 5) is 18.2. The van der Waals surface area contributed by atoms with Crippen LogP contribution >= 0.6 is 23.4 Å². The van der Waals surface area contributed by atoms with Crippen LogP contribution < -0.4 is 4.90 Å². The van der Waals surface area contributed by atoms with Gasteiger partial charge in [-0.25, -0.2) is 4.68 Å². The molecule has 1 unspecified atom stereocenters. The molecule has 0 aliphatic rings. The topological polar surface area (TPSA) is 51.0 Å². The lowest BCUT2D eigenvalue weighted by atomic mass is 10.3. The van der Waals surface area contributed by atoms with Crippen LogP contribution in [0, 0.1) is 0 Å². The van der Waals surface area contributed by atoms with Gasteiger partial charge in [-0.2, -0.15) is 16.9 Å². The molecule has 0 aliphatic heterocycles. The first-order valence-corrected chi connectivity index (χ1v) is 8.72. The average molecular weight is 339 g/mol. The summed E-state index contributed by atoms with van der Waals surface area (Å²) in [5.41, 5.74) is 1.43. The fourth-order valence-corrected chi connectivity index (χ4v) is 2.61. The zero-order valence-corrected chi connectivity index (χ0v) is 14.4. The largest absolute Gasteiger partial charge is 0.308 e. The van der Waals surface area contributed by atoms with Crippen LogP contribution in [-0.2, 0) is 4.79 Å². The summed E-state index contributed by atoms with van der Waals surface area (Å²) in [6.07, 6.45) is 7.64. The first-order valence-electron chi connectivity index (χ1n) is 7.05. The summed E-state index contributed by atoms with van der Waals surface area (Å²) < 4.78 is 1.64. The highest BCUT2D eigenvalue weighted by atomic mass is 35.5. The second-order valence-corrected chi connectivity index (χ2v) is 6.48. The third-order valence-electron chi connectivity index (χ3n) is 3.33. The van der Waals surface area contributed by atoms with Crippen molar-refractivity contribution in [3.63, 3.8) is 0 Å². The molecule has 5 nitrogen and oxygen atoms in total. The summed E-state index contributed by atoms with van der Waals surface area (Å²) in [6, 6.07) is 3.71. The Bertz CT molecular complexity index is 632. The molecule has 2 aromatic heterocycles. The van der Waals surface area contributed by atoms with E-state index in [0.29, 0.717) is 23.8 Å². The number of hydrogen-bond donors (Lipinski definition) is 0. The van der Waals surface area contributed by atoms with Gasteiger partial charge in [0, 0.05) is 24.4 Å². The van der Waals surface area contributed by atoms with Crippen molar-refractivity contribution in [1.29, 1.82) is 0 Å². The van der Waals surface area contributed by atoms with E-state index >= 15 is 0 Å². The van der Waals surface area contributed by atoms with Gasteiger partial charge in [0.25, 0.3) is 0 Å². The number of hydrogen-bond acceptors (Lipinski definition) is 4. The Labute approximate surface area is 139 Å². The molecule has 2 rings (SSSR count). The Balaban J connectivity index is 2.27. The van der Waals surface area contributed by atoms with Gasteiger partial charge in [-0.1, -0.05) is 18.5 Å². The van der Waals surface area contributed by atoms with Crippen molar-refractivity contribution in [1.82, 2.24) is 14.8 Å². The van der Waals surface area contributed by atoms with Crippen molar-refractivity contribution in [3.05, 3.63) is 35.9 Å². The lowest BCUT2D eigenvalue weighted by molar-refractivity contribution is -0.118. The van der Waals surface area contributed by atoms with Crippen LogP contribution in [0.1, 0.15) is 20.3 Å². The first-order chi connectivity index (χ1) is 10.6. The fraction of sp³-hybridized carbons (Fsp3) is 0.400. The third-order valence-corrected chi connectivity index (χ3v) is 4.58. The Morgan fingerprint density at radius 2 is 2.32 bits per heavy atom. The van der Waals surface area contributed by atoms with Gasteiger partial charge in [0.15, 0.2) is 5.15 Å². The van der Waals surface area contributed by atoms with E-state index in [1.54, 1.807) is 39.9 Å². The van der Waals surface area contributed by atoms with Crippen LogP contribution in [-0.4, -0.2) is 38.7 Å². The van der Waals surface area contributed by atoms with Crippen molar-refractivity contribution in [2.24, 2.45) is 0 Å². The summed E-state index contributed by atoms with van der Waals surface area (Å²) in [5.74, 6) is 0.0528. The van der Waals surface area contributed by atoms with Crippen LogP contribution in [0.3, 0.4) is 0 Å². The second-order valence-electron chi connectivity index (χ2n) is 4.85. The molecule has 0 N–H and O–H groups in total. The summed E-state index contributed by atoms with van der Waals surface area (Å²) >= 11 is 7.90. The molecule has 2 aromatic rings. The van der Waals surface area contributed by atoms with Crippen molar-refractivity contribution in [2.75, 3.05) is 17.7 Å². The van der Waals surface area contributed by atoms with Crippen molar-refractivity contribution in [2.45, 2.75) is 25.5 Å². The van der Waals surface area contributed by atoms with Gasteiger partial charge in [0.05, 0.1) is 18.1 Å². The van der Waals surface area contributed by atoms with Gasteiger partial charge in [-0.05, 0) is 25.3 Å². The van der Waals surface area contributed by atoms with E-state index in [4.69, 9.17) is 11.6 Å². The van der Waals surface area contributed by atoms with E-state index in [0.717, 1.165) is 5.69 Å². The molecule has 7 heteroatoms. The van der Waals surface area contributed by atoms with Crippen LogP contribution in [0.4, 0.5) is 5.69 Å². The zero-order valence-electron chi connectivity index (χ0n) is 12.9. The molecule has 0 aromatic carbocycles. The van der Waals surface area contributed by atoms with E-state index in [9.17, 15) is 4.79 Å². The quantitative estimate of drug-likeness (QED) is 0.809. The van der Waals surface area contributed by atoms with Crippen LogP contribution in [0.25, 0.3) is 5.69 Å². The van der Waals surface area contributed by atoms with Crippen LogP contribution in [0.5, 0.6) is 0 Å². The zero-order chi connectivity index (χ0) is 16.1. The minimum atomic E-state index is 0.0528. The van der Waals surface area contributed by atoms with Gasteiger partial charge >= 0.3 is 0 Å². The van der Waals surface area contributed by atoms with E-state index in [-0.39, 0.29) is 11.2 Å². The number of anilines is 1. The average Bonchev–Trinajstić information content (AvgIpc) is 2.91. The lowest BCUT2D eigenvalue weighted by Gasteiger charge is -2.21.